The van der Waals surface area contributed by atoms with Crippen molar-refractivity contribution in [1.29, 1.82) is 0 Å². The van der Waals surface area contributed by atoms with Gasteiger partial charge in [0.1, 0.15) is 23.4 Å². The van der Waals surface area contributed by atoms with Crippen LogP contribution in [0.3, 0.4) is 0 Å². The summed E-state index contributed by atoms with van der Waals surface area (Å²) in [6, 6.07) is 9.61. The molecule has 0 aromatic heterocycles. The molecular weight excluding hydrogens is 448 g/mol. The van der Waals surface area contributed by atoms with E-state index in [9.17, 15) is 14.4 Å². The van der Waals surface area contributed by atoms with Crippen molar-refractivity contribution in [2.45, 2.75) is 77.3 Å². The van der Waals surface area contributed by atoms with Crippen molar-refractivity contribution in [3.05, 3.63) is 42.0 Å². The molecule has 2 saturated heterocycles. The van der Waals surface area contributed by atoms with Crippen LogP contribution in [0.5, 0.6) is 0 Å². The van der Waals surface area contributed by atoms with Crippen LogP contribution in [-0.4, -0.2) is 47.9 Å². The van der Waals surface area contributed by atoms with E-state index in [0.29, 0.717) is 12.3 Å². The number of ether oxygens (including phenoxy) is 4. The van der Waals surface area contributed by atoms with Gasteiger partial charge in [0.05, 0.1) is 0 Å². The lowest BCUT2D eigenvalue weighted by Gasteiger charge is -2.52. The molecule has 35 heavy (non-hydrogen) atoms. The van der Waals surface area contributed by atoms with Crippen molar-refractivity contribution in [3.8, 4) is 0 Å². The van der Waals surface area contributed by atoms with E-state index >= 15 is 0 Å². The maximum absolute atomic E-state index is 13.0. The Hall–Kier alpha value is -2.67. The van der Waals surface area contributed by atoms with Crippen LogP contribution in [0, 0.1) is 23.7 Å². The molecule has 1 aromatic carbocycles. The van der Waals surface area contributed by atoms with E-state index in [1.165, 1.54) is 13.0 Å². The van der Waals surface area contributed by atoms with Gasteiger partial charge in [-0.25, -0.2) is 9.59 Å². The second kappa shape index (κ2) is 9.76. The summed E-state index contributed by atoms with van der Waals surface area (Å²) >= 11 is 0. The van der Waals surface area contributed by atoms with Crippen molar-refractivity contribution in [3.63, 3.8) is 0 Å². The summed E-state index contributed by atoms with van der Waals surface area (Å²) in [6.45, 7) is 9.17. The lowest BCUT2D eigenvalue weighted by molar-refractivity contribution is -0.264. The minimum absolute atomic E-state index is 0.0173. The SMILES string of the molecule is CC(=O)OCC(=O)O[C@@H]1C[C@]2(C(C)C)O[C@@]1(C)[C@@H]1CC[C@@H](C)[C@H]1[C@@H]2OC(=O)/C=C/c1ccccc1. The number of esters is 3. The molecule has 1 saturated carbocycles. The number of fused-ring (bicyclic) bond motifs is 4. The fourth-order valence-electron chi connectivity index (χ4n) is 6.49. The monoisotopic (exact) mass is 484 g/mol. The Morgan fingerprint density at radius 1 is 1.14 bits per heavy atom. The molecule has 190 valence electrons. The lowest BCUT2D eigenvalue weighted by Crippen LogP contribution is -2.62. The van der Waals surface area contributed by atoms with Gasteiger partial charge in [-0.3, -0.25) is 4.79 Å². The van der Waals surface area contributed by atoms with Crippen LogP contribution in [0.25, 0.3) is 6.08 Å². The third kappa shape index (κ3) is 4.75. The molecule has 0 radical (unpaired) electrons. The van der Waals surface area contributed by atoms with E-state index in [-0.39, 0.29) is 17.8 Å². The molecule has 7 nitrogen and oxygen atoms in total. The van der Waals surface area contributed by atoms with Gasteiger partial charge < -0.3 is 18.9 Å². The van der Waals surface area contributed by atoms with E-state index < -0.39 is 47.9 Å². The molecule has 1 aliphatic carbocycles. The average molecular weight is 485 g/mol. The van der Waals surface area contributed by atoms with E-state index in [2.05, 4.69) is 20.8 Å². The third-order valence-electron chi connectivity index (χ3n) is 8.27. The van der Waals surface area contributed by atoms with Crippen LogP contribution >= 0.6 is 0 Å². The number of hydrogen-bond acceptors (Lipinski definition) is 7. The van der Waals surface area contributed by atoms with Crippen LogP contribution in [0.4, 0.5) is 0 Å². The highest BCUT2D eigenvalue weighted by atomic mass is 16.6. The van der Waals surface area contributed by atoms with E-state index in [1.807, 2.05) is 37.3 Å². The zero-order valence-electron chi connectivity index (χ0n) is 21.2. The summed E-state index contributed by atoms with van der Waals surface area (Å²) in [5.74, 6) is -0.996. The maximum Gasteiger partial charge on any atom is 0.344 e. The van der Waals surface area contributed by atoms with Gasteiger partial charge in [0.2, 0.25) is 0 Å². The average Bonchev–Trinajstić information content (AvgIpc) is 3.32. The first-order chi connectivity index (χ1) is 16.6. The summed E-state index contributed by atoms with van der Waals surface area (Å²) in [7, 11) is 0. The molecule has 2 heterocycles. The molecule has 1 aromatic rings. The van der Waals surface area contributed by atoms with Gasteiger partial charge in [-0.2, -0.15) is 0 Å². The molecule has 0 amide bonds. The van der Waals surface area contributed by atoms with Gasteiger partial charge in [0.25, 0.3) is 0 Å². The van der Waals surface area contributed by atoms with Crippen molar-refractivity contribution < 1.29 is 33.3 Å². The van der Waals surface area contributed by atoms with E-state index in [1.54, 1.807) is 6.08 Å². The Bertz CT molecular complexity index is 986. The molecule has 2 bridgehead atoms. The van der Waals surface area contributed by atoms with Gasteiger partial charge in [0, 0.05) is 25.3 Å². The highest BCUT2D eigenvalue weighted by Gasteiger charge is 2.72. The topological polar surface area (TPSA) is 88.1 Å². The molecule has 0 spiro atoms. The summed E-state index contributed by atoms with van der Waals surface area (Å²) in [5.41, 5.74) is -0.561. The van der Waals surface area contributed by atoms with Crippen LogP contribution < -0.4 is 0 Å². The van der Waals surface area contributed by atoms with Gasteiger partial charge in [-0.1, -0.05) is 51.1 Å². The Balaban J connectivity index is 1.61. The molecule has 2 aliphatic heterocycles. The molecule has 7 heteroatoms. The largest absolute Gasteiger partial charge is 0.457 e. The van der Waals surface area contributed by atoms with Gasteiger partial charge in [-0.05, 0) is 49.2 Å². The Kier molecular flexibility index (Phi) is 7.09. The first kappa shape index (κ1) is 25.4. The number of carbonyl (C=O) groups is 3. The van der Waals surface area contributed by atoms with E-state index in [4.69, 9.17) is 18.9 Å². The first-order valence-electron chi connectivity index (χ1n) is 12.5. The van der Waals surface area contributed by atoms with Crippen LogP contribution in [0.2, 0.25) is 0 Å². The second-order valence-corrected chi connectivity index (χ2v) is 10.7. The Labute approximate surface area is 207 Å². The summed E-state index contributed by atoms with van der Waals surface area (Å²) < 4.78 is 23.7. The molecule has 0 unspecified atom stereocenters. The van der Waals surface area contributed by atoms with Crippen molar-refractivity contribution in [2.75, 3.05) is 6.61 Å². The summed E-state index contributed by atoms with van der Waals surface area (Å²) in [5, 5.41) is 0. The minimum atomic E-state index is -0.781. The molecular formula is C28H36O7. The quantitative estimate of drug-likeness (QED) is 0.323. The highest BCUT2D eigenvalue weighted by molar-refractivity contribution is 5.87. The van der Waals surface area contributed by atoms with Crippen LogP contribution in [-0.2, 0) is 33.3 Å². The zero-order chi connectivity index (χ0) is 25.4. The number of rotatable bonds is 7. The third-order valence-corrected chi connectivity index (χ3v) is 8.27. The number of hydrogen-bond donors (Lipinski definition) is 0. The first-order valence-corrected chi connectivity index (χ1v) is 12.5. The number of benzene rings is 1. The fraction of sp³-hybridized carbons (Fsp3) is 0.607. The molecule has 4 rings (SSSR count). The highest BCUT2D eigenvalue weighted by Crippen LogP contribution is 2.63. The maximum atomic E-state index is 13.0. The van der Waals surface area contributed by atoms with Crippen molar-refractivity contribution in [1.82, 2.24) is 0 Å². The molecule has 7 atom stereocenters. The van der Waals surface area contributed by atoms with Gasteiger partial charge in [-0.15, -0.1) is 0 Å². The summed E-state index contributed by atoms with van der Waals surface area (Å²) in [4.78, 5) is 36.6. The minimum Gasteiger partial charge on any atom is -0.457 e. The van der Waals surface area contributed by atoms with Crippen molar-refractivity contribution in [2.24, 2.45) is 23.7 Å². The standard InChI is InChI=1S/C28H36O7/c1-17(2)28-15-22(33-24(31)16-32-19(4)29)27(5,35-28)21-13-11-18(3)25(21)26(28)34-23(30)14-12-20-9-7-6-8-10-20/h6-10,12,14,17-18,21-22,25-26H,11,13,15-16H2,1-5H3/b14-12+/t18-,21-,22-,25-,26+,27+,28-/m1/s1. The van der Waals surface area contributed by atoms with Gasteiger partial charge in [0.15, 0.2) is 6.61 Å². The Morgan fingerprint density at radius 3 is 2.51 bits per heavy atom. The van der Waals surface area contributed by atoms with Crippen molar-refractivity contribution >= 4 is 24.0 Å². The van der Waals surface area contributed by atoms with Crippen LogP contribution in [0.1, 0.15) is 59.4 Å². The predicted octanol–water partition coefficient (Wildman–Crippen LogP) is 4.34. The number of carbonyl (C=O) groups excluding carboxylic acids is 3. The van der Waals surface area contributed by atoms with Gasteiger partial charge >= 0.3 is 17.9 Å². The summed E-state index contributed by atoms with van der Waals surface area (Å²) in [6.07, 6.45) is 4.57. The smallest absolute Gasteiger partial charge is 0.344 e. The van der Waals surface area contributed by atoms with E-state index in [0.717, 1.165) is 18.4 Å². The van der Waals surface area contributed by atoms with Crippen LogP contribution in [0.15, 0.2) is 36.4 Å². The zero-order valence-corrected chi connectivity index (χ0v) is 21.2. The molecule has 0 N–H and O–H groups in total. The second-order valence-electron chi connectivity index (χ2n) is 10.7. The Morgan fingerprint density at radius 2 is 1.86 bits per heavy atom. The normalized spacial score (nSPS) is 35.7. The molecule has 3 fully saturated rings. The lowest BCUT2D eigenvalue weighted by atomic mass is 9.69. The molecule has 3 aliphatic rings. The fourth-order valence-corrected chi connectivity index (χ4v) is 6.49. The predicted molar refractivity (Wildman–Crippen MR) is 129 cm³/mol.